The number of nitrogens with zero attached hydrogens (tertiary/aromatic N) is 1. The lowest BCUT2D eigenvalue weighted by Crippen LogP contribution is -2.27. The topological polar surface area (TPSA) is 38.8 Å². The van der Waals surface area contributed by atoms with Crippen LogP contribution in [0, 0.1) is 9.39 Å². The van der Waals surface area contributed by atoms with Gasteiger partial charge < -0.3 is 9.47 Å². The average molecular weight is 584 g/mol. The molecular formula is C24H20ClFINO3S. The van der Waals surface area contributed by atoms with Crippen molar-refractivity contribution in [1.29, 1.82) is 0 Å². The van der Waals surface area contributed by atoms with Gasteiger partial charge in [-0.25, -0.2) is 4.39 Å². The third-order valence-electron chi connectivity index (χ3n) is 4.86. The van der Waals surface area contributed by atoms with Crippen LogP contribution < -0.4 is 14.4 Å². The lowest BCUT2D eigenvalue weighted by Gasteiger charge is -2.25. The maximum atomic E-state index is 13.5. The maximum absolute atomic E-state index is 13.5. The number of carbonyl (C=O) groups excluding carboxylic acids is 1. The van der Waals surface area contributed by atoms with Crippen molar-refractivity contribution in [3.05, 3.63) is 86.2 Å². The van der Waals surface area contributed by atoms with Crippen LogP contribution in [0.4, 0.5) is 10.1 Å². The van der Waals surface area contributed by atoms with Gasteiger partial charge in [0.1, 0.15) is 17.8 Å². The van der Waals surface area contributed by atoms with Crippen LogP contribution in [0.25, 0.3) is 0 Å². The van der Waals surface area contributed by atoms with Crippen LogP contribution in [-0.2, 0) is 11.4 Å². The number of halogens is 3. The van der Waals surface area contributed by atoms with Crippen LogP contribution in [0.3, 0.4) is 0 Å². The Balaban J connectivity index is 1.64. The number of amides is 1. The van der Waals surface area contributed by atoms with E-state index in [1.807, 2.05) is 37.3 Å². The Morgan fingerprint density at radius 1 is 1.16 bits per heavy atom. The zero-order chi connectivity index (χ0) is 22.7. The Bertz CT molecular complexity index is 1130. The van der Waals surface area contributed by atoms with Crippen molar-refractivity contribution in [2.45, 2.75) is 18.9 Å². The van der Waals surface area contributed by atoms with Crippen molar-refractivity contribution in [1.82, 2.24) is 0 Å². The molecule has 0 N–H and O–H groups in total. The van der Waals surface area contributed by atoms with Gasteiger partial charge in [-0.1, -0.05) is 23.7 Å². The van der Waals surface area contributed by atoms with Crippen molar-refractivity contribution < 1.29 is 18.7 Å². The summed E-state index contributed by atoms with van der Waals surface area (Å²) in [5.41, 5.74) is 2.48. The molecule has 4 nitrogen and oxygen atoms in total. The van der Waals surface area contributed by atoms with Gasteiger partial charge in [-0.3, -0.25) is 9.69 Å². The molecule has 3 aromatic carbocycles. The van der Waals surface area contributed by atoms with E-state index in [1.54, 1.807) is 34.9 Å². The summed E-state index contributed by atoms with van der Waals surface area (Å²) in [4.78, 5) is 14.5. The molecule has 1 fully saturated rings. The molecule has 1 aliphatic heterocycles. The van der Waals surface area contributed by atoms with Crippen molar-refractivity contribution in [3.8, 4) is 11.5 Å². The molecule has 3 aromatic rings. The molecule has 0 unspecified atom stereocenters. The van der Waals surface area contributed by atoms with Gasteiger partial charge >= 0.3 is 0 Å². The smallest absolute Gasteiger partial charge is 0.238 e. The summed E-state index contributed by atoms with van der Waals surface area (Å²) < 4.78 is 26.3. The first kappa shape index (κ1) is 23.2. The van der Waals surface area contributed by atoms with Gasteiger partial charge in [0.25, 0.3) is 0 Å². The minimum atomic E-state index is -0.300. The normalized spacial score (nSPS) is 15.8. The summed E-state index contributed by atoms with van der Waals surface area (Å²) in [6.45, 7) is 2.60. The summed E-state index contributed by atoms with van der Waals surface area (Å²) >= 11 is 9.80. The van der Waals surface area contributed by atoms with E-state index in [-0.39, 0.29) is 23.7 Å². The molecule has 166 valence electrons. The summed E-state index contributed by atoms with van der Waals surface area (Å²) in [5, 5.41) is 0.436. The quantitative estimate of drug-likeness (QED) is 0.286. The van der Waals surface area contributed by atoms with Crippen molar-refractivity contribution in [2.75, 3.05) is 17.3 Å². The van der Waals surface area contributed by atoms with Gasteiger partial charge in [0.05, 0.1) is 15.9 Å². The molecule has 32 heavy (non-hydrogen) atoms. The zero-order valence-electron chi connectivity index (χ0n) is 17.2. The third kappa shape index (κ3) is 5.15. The van der Waals surface area contributed by atoms with E-state index < -0.39 is 0 Å². The van der Waals surface area contributed by atoms with E-state index in [0.29, 0.717) is 28.9 Å². The second kappa shape index (κ2) is 10.3. The monoisotopic (exact) mass is 583 g/mol. The van der Waals surface area contributed by atoms with Crippen molar-refractivity contribution in [3.63, 3.8) is 0 Å². The second-order valence-corrected chi connectivity index (χ2v) is 9.75. The van der Waals surface area contributed by atoms with Gasteiger partial charge in [-0.15, -0.1) is 11.8 Å². The number of carbonyl (C=O) groups is 1. The fraction of sp³-hybridized carbons (Fsp3) is 0.208. The standard InChI is InChI=1S/C24H20ClFINO3S/c1-2-30-21-12-16(11-20(27)23(21)31-13-15-4-3-5-18(26)10-15)24-28(22(29)14-32-24)19-8-6-17(25)7-9-19/h3-12,24H,2,13-14H2,1H3/t24-/m0/s1. The first-order chi connectivity index (χ1) is 15.5. The highest BCUT2D eigenvalue weighted by molar-refractivity contribution is 14.1. The number of anilines is 1. The van der Waals surface area contributed by atoms with Gasteiger partial charge in [0.2, 0.25) is 5.91 Å². The number of benzene rings is 3. The third-order valence-corrected chi connectivity index (χ3v) is 7.13. The van der Waals surface area contributed by atoms with E-state index >= 15 is 0 Å². The van der Waals surface area contributed by atoms with Crippen LogP contribution >= 0.6 is 46.0 Å². The Hall–Kier alpha value is -1.97. The van der Waals surface area contributed by atoms with Crippen LogP contribution in [0.15, 0.2) is 60.7 Å². The van der Waals surface area contributed by atoms with Crippen LogP contribution in [0.1, 0.15) is 23.4 Å². The Kier molecular flexibility index (Phi) is 7.48. The predicted octanol–water partition coefficient (Wildman–Crippen LogP) is 6.84. The van der Waals surface area contributed by atoms with Gasteiger partial charge in [0.15, 0.2) is 11.5 Å². The molecule has 1 atom stereocenters. The van der Waals surface area contributed by atoms with Crippen LogP contribution in [0.2, 0.25) is 5.02 Å². The zero-order valence-corrected chi connectivity index (χ0v) is 20.9. The van der Waals surface area contributed by atoms with E-state index in [2.05, 4.69) is 22.6 Å². The number of thioether (sulfide) groups is 1. The molecule has 0 radical (unpaired) electrons. The molecule has 1 amide bonds. The van der Waals surface area contributed by atoms with E-state index in [9.17, 15) is 9.18 Å². The molecule has 4 rings (SSSR count). The Morgan fingerprint density at radius 3 is 2.66 bits per heavy atom. The molecule has 0 aromatic heterocycles. The van der Waals surface area contributed by atoms with Gasteiger partial charge in [0, 0.05) is 10.7 Å². The first-order valence-electron chi connectivity index (χ1n) is 9.99. The Morgan fingerprint density at radius 2 is 1.94 bits per heavy atom. The summed E-state index contributed by atoms with van der Waals surface area (Å²) in [5.74, 6) is 1.34. The average Bonchev–Trinajstić information content (AvgIpc) is 3.15. The Labute approximate surface area is 209 Å². The fourth-order valence-electron chi connectivity index (χ4n) is 3.47. The summed E-state index contributed by atoms with van der Waals surface area (Å²) in [7, 11) is 0. The minimum absolute atomic E-state index is 0.0433. The number of rotatable bonds is 7. The first-order valence-corrected chi connectivity index (χ1v) is 12.5. The molecule has 1 saturated heterocycles. The molecular weight excluding hydrogens is 564 g/mol. The maximum Gasteiger partial charge on any atom is 0.238 e. The lowest BCUT2D eigenvalue weighted by atomic mass is 10.1. The highest BCUT2D eigenvalue weighted by atomic mass is 127. The van der Waals surface area contributed by atoms with E-state index in [4.69, 9.17) is 21.1 Å². The minimum Gasteiger partial charge on any atom is -0.490 e. The highest BCUT2D eigenvalue weighted by Gasteiger charge is 2.35. The highest BCUT2D eigenvalue weighted by Crippen LogP contribution is 2.45. The van der Waals surface area contributed by atoms with Gasteiger partial charge in [-0.2, -0.15) is 0 Å². The fourth-order valence-corrected chi connectivity index (χ4v) is 5.53. The largest absolute Gasteiger partial charge is 0.490 e. The number of hydrogen-bond acceptors (Lipinski definition) is 4. The molecule has 1 heterocycles. The SMILES string of the molecule is CCOc1cc([C@@H]2SCC(=O)N2c2ccc(Cl)cc2)cc(I)c1OCc1cccc(F)c1. The second-order valence-electron chi connectivity index (χ2n) is 7.09. The molecule has 1 aliphatic rings. The summed E-state index contributed by atoms with van der Waals surface area (Å²) in [6, 6.07) is 17.5. The lowest BCUT2D eigenvalue weighted by molar-refractivity contribution is -0.115. The predicted molar refractivity (Wildman–Crippen MR) is 135 cm³/mol. The van der Waals surface area contributed by atoms with Crippen LogP contribution in [-0.4, -0.2) is 18.3 Å². The summed E-state index contributed by atoms with van der Waals surface area (Å²) in [6.07, 6.45) is 0. The molecule has 8 heteroatoms. The van der Waals surface area contributed by atoms with Crippen LogP contribution in [0.5, 0.6) is 11.5 Å². The number of ether oxygens (including phenoxy) is 2. The van der Waals surface area contributed by atoms with Crippen molar-refractivity contribution in [2.24, 2.45) is 0 Å². The molecule has 0 aliphatic carbocycles. The molecule has 0 spiro atoms. The number of hydrogen-bond donors (Lipinski definition) is 0. The van der Waals surface area contributed by atoms with E-state index in [0.717, 1.165) is 20.4 Å². The molecule has 0 saturated carbocycles. The van der Waals surface area contributed by atoms with Crippen molar-refractivity contribution >= 4 is 57.5 Å². The molecule has 0 bridgehead atoms. The van der Waals surface area contributed by atoms with Gasteiger partial charge in [-0.05, 0) is 89.2 Å². The van der Waals surface area contributed by atoms with E-state index in [1.165, 1.54) is 12.1 Å².